The van der Waals surface area contributed by atoms with Gasteiger partial charge in [0, 0.05) is 12.6 Å². The molecule has 1 heterocycles. The molecule has 2 aromatic carbocycles. The summed E-state index contributed by atoms with van der Waals surface area (Å²) < 4.78 is 10.6. The first-order valence-corrected chi connectivity index (χ1v) is 7.96. The third-order valence-corrected chi connectivity index (χ3v) is 3.56. The van der Waals surface area contributed by atoms with Crippen LogP contribution < -0.4 is 10.1 Å². The molecule has 1 amide bonds. The van der Waals surface area contributed by atoms with Gasteiger partial charge in [-0.2, -0.15) is 5.26 Å². The van der Waals surface area contributed by atoms with E-state index in [0.717, 1.165) is 11.1 Å². The highest BCUT2D eigenvalue weighted by Gasteiger charge is 2.13. The van der Waals surface area contributed by atoms with Crippen molar-refractivity contribution in [3.8, 4) is 23.2 Å². The van der Waals surface area contributed by atoms with E-state index in [9.17, 15) is 4.79 Å². The predicted octanol–water partition coefficient (Wildman–Crippen LogP) is 2.90. The van der Waals surface area contributed by atoms with Gasteiger partial charge in [-0.15, -0.1) is 0 Å². The van der Waals surface area contributed by atoms with Gasteiger partial charge in [0.1, 0.15) is 18.9 Å². The van der Waals surface area contributed by atoms with Crippen molar-refractivity contribution < 1.29 is 14.3 Å². The van der Waals surface area contributed by atoms with Crippen molar-refractivity contribution in [3.63, 3.8) is 0 Å². The van der Waals surface area contributed by atoms with Crippen LogP contribution in [0.15, 0.2) is 48.5 Å². The third kappa shape index (κ3) is 3.87. The number of para-hydroxylation sites is 2. The van der Waals surface area contributed by atoms with Crippen LogP contribution in [-0.4, -0.2) is 36.3 Å². The summed E-state index contributed by atoms with van der Waals surface area (Å²) in [6.45, 7) is 0.206. The summed E-state index contributed by atoms with van der Waals surface area (Å²) in [6.07, 6.45) is -0.528. The van der Waals surface area contributed by atoms with E-state index in [1.54, 1.807) is 18.2 Å². The monoisotopic (exact) mass is 348 g/mol. The van der Waals surface area contributed by atoms with Crippen LogP contribution >= 0.6 is 0 Å². The second-order valence-corrected chi connectivity index (χ2v) is 5.29. The van der Waals surface area contributed by atoms with Gasteiger partial charge >= 0.3 is 6.09 Å². The highest BCUT2D eigenvalue weighted by molar-refractivity contribution is 5.79. The van der Waals surface area contributed by atoms with E-state index in [2.05, 4.69) is 21.4 Å². The highest BCUT2D eigenvalue weighted by Crippen LogP contribution is 2.29. The summed E-state index contributed by atoms with van der Waals surface area (Å²) in [5.74, 6) is 0.319. The molecule has 0 aliphatic heterocycles. The van der Waals surface area contributed by atoms with Crippen LogP contribution in [-0.2, 0) is 4.74 Å². The van der Waals surface area contributed by atoms with Crippen molar-refractivity contribution in [1.82, 2.24) is 15.3 Å². The van der Waals surface area contributed by atoms with Gasteiger partial charge in [-0.1, -0.05) is 24.3 Å². The Kier molecular flexibility index (Phi) is 5.25. The van der Waals surface area contributed by atoms with E-state index in [0.29, 0.717) is 22.7 Å². The van der Waals surface area contributed by atoms with Crippen molar-refractivity contribution in [2.75, 3.05) is 20.3 Å². The fraction of sp³-hybridized carbons (Fsp3) is 0.158. The molecule has 7 nitrogen and oxygen atoms in total. The summed E-state index contributed by atoms with van der Waals surface area (Å²) in [7, 11) is 1.48. The summed E-state index contributed by atoms with van der Waals surface area (Å²) in [5, 5.41) is 11.5. The molecule has 0 saturated heterocycles. The lowest BCUT2D eigenvalue weighted by molar-refractivity contribution is 0.126. The van der Waals surface area contributed by atoms with Crippen molar-refractivity contribution in [2.45, 2.75) is 0 Å². The molecule has 3 rings (SSSR count). The first-order valence-electron chi connectivity index (χ1n) is 7.96. The van der Waals surface area contributed by atoms with Crippen LogP contribution in [0.4, 0.5) is 4.79 Å². The summed E-state index contributed by atoms with van der Waals surface area (Å²) in [6, 6.07) is 16.6. The molecular formula is C19H16N4O3. The number of hydrogen-bond donors (Lipinski definition) is 1. The third-order valence-electron chi connectivity index (χ3n) is 3.56. The molecule has 1 aromatic heterocycles. The van der Waals surface area contributed by atoms with Crippen LogP contribution in [0.3, 0.4) is 0 Å². The van der Waals surface area contributed by atoms with Crippen LogP contribution in [0.5, 0.6) is 5.88 Å². The maximum absolute atomic E-state index is 11.1. The first kappa shape index (κ1) is 17.2. The van der Waals surface area contributed by atoms with Gasteiger partial charge in [0.2, 0.25) is 5.88 Å². The fourth-order valence-corrected chi connectivity index (χ4v) is 2.35. The normalized spacial score (nSPS) is 10.2. The number of hydrogen-bond acceptors (Lipinski definition) is 6. The summed E-state index contributed by atoms with van der Waals surface area (Å²) in [4.78, 5) is 20.3. The number of nitriles is 1. The fourth-order valence-electron chi connectivity index (χ4n) is 2.35. The Morgan fingerprint density at radius 1 is 1.12 bits per heavy atom. The van der Waals surface area contributed by atoms with Gasteiger partial charge in [-0.25, -0.2) is 14.8 Å². The van der Waals surface area contributed by atoms with Crippen LogP contribution in [0.1, 0.15) is 5.56 Å². The van der Waals surface area contributed by atoms with E-state index < -0.39 is 6.09 Å². The minimum Gasteiger partial charge on any atom is -0.472 e. The SMILES string of the molecule is CNC(=O)OCCOc1nc2ccccc2nc1-c1cccc(C#N)c1. The van der Waals surface area contributed by atoms with Gasteiger partial charge in [0.05, 0.1) is 22.7 Å². The van der Waals surface area contributed by atoms with Crippen molar-refractivity contribution >= 4 is 17.1 Å². The molecule has 0 spiro atoms. The Morgan fingerprint density at radius 2 is 1.88 bits per heavy atom. The van der Waals surface area contributed by atoms with Gasteiger partial charge in [0.25, 0.3) is 0 Å². The predicted molar refractivity (Wildman–Crippen MR) is 95.6 cm³/mol. The largest absolute Gasteiger partial charge is 0.472 e. The molecule has 7 heteroatoms. The van der Waals surface area contributed by atoms with Crippen molar-refractivity contribution in [2.24, 2.45) is 0 Å². The average Bonchev–Trinajstić information content (AvgIpc) is 2.70. The Bertz CT molecular complexity index is 982. The molecule has 0 radical (unpaired) electrons. The number of nitrogens with zero attached hydrogens (tertiary/aromatic N) is 3. The molecule has 3 aromatic rings. The molecule has 0 unspecified atom stereocenters. The number of benzene rings is 2. The van der Waals surface area contributed by atoms with Gasteiger partial charge in [0.15, 0.2) is 0 Å². The number of carbonyl (C=O) groups is 1. The first-order chi connectivity index (χ1) is 12.7. The molecular weight excluding hydrogens is 332 g/mol. The lowest BCUT2D eigenvalue weighted by Gasteiger charge is -2.12. The van der Waals surface area contributed by atoms with Gasteiger partial charge < -0.3 is 14.8 Å². The topological polar surface area (TPSA) is 97.1 Å². The smallest absolute Gasteiger partial charge is 0.406 e. The number of nitrogens with one attached hydrogen (secondary N) is 1. The van der Waals surface area contributed by atoms with Crippen molar-refractivity contribution in [1.29, 1.82) is 5.26 Å². The number of carbonyl (C=O) groups excluding carboxylic acids is 1. The average molecular weight is 348 g/mol. The number of aromatic nitrogens is 2. The number of alkyl carbamates (subject to hydrolysis) is 1. The Labute approximate surface area is 150 Å². The zero-order valence-electron chi connectivity index (χ0n) is 14.1. The number of fused-ring (bicyclic) bond motifs is 1. The van der Waals surface area contributed by atoms with E-state index in [1.165, 1.54) is 7.05 Å². The summed E-state index contributed by atoms with van der Waals surface area (Å²) >= 11 is 0. The zero-order chi connectivity index (χ0) is 18.4. The quantitative estimate of drug-likeness (QED) is 0.712. The maximum Gasteiger partial charge on any atom is 0.406 e. The van der Waals surface area contributed by atoms with Crippen LogP contribution in [0.2, 0.25) is 0 Å². The Balaban J connectivity index is 1.94. The van der Waals surface area contributed by atoms with Crippen LogP contribution in [0.25, 0.3) is 22.3 Å². The molecule has 0 atom stereocenters. The maximum atomic E-state index is 11.1. The second-order valence-electron chi connectivity index (χ2n) is 5.29. The molecule has 0 saturated carbocycles. The molecule has 0 fully saturated rings. The minimum absolute atomic E-state index is 0.0753. The van der Waals surface area contributed by atoms with Gasteiger partial charge in [-0.3, -0.25) is 0 Å². The second kappa shape index (κ2) is 7.94. The molecule has 0 bridgehead atoms. The number of amides is 1. The van der Waals surface area contributed by atoms with E-state index in [4.69, 9.17) is 14.7 Å². The zero-order valence-corrected chi connectivity index (χ0v) is 14.1. The molecule has 26 heavy (non-hydrogen) atoms. The lowest BCUT2D eigenvalue weighted by Crippen LogP contribution is -2.22. The number of ether oxygens (including phenoxy) is 2. The van der Waals surface area contributed by atoms with E-state index in [-0.39, 0.29) is 13.2 Å². The van der Waals surface area contributed by atoms with Crippen LogP contribution in [0, 0.1) is 11.3 Å². The van der Waals surface area contributed by atoms with Crippen molar-refractivity contribution in [3.05, 3.63) is 54.1 Å². The molecule has 1 N–H and O–H groups in total. The van der Waals surface area contributed by atoms with Gasteiger partial charge in [-0.05, 0) is 24.3 Å². The Hall–Kier alpha value is -3.66. The standard InChI is InChI=1S/C19H16N4O3/c1-21-19(24)26-10-9-25-18-17(14-6-4-5-13(11-14)12-20)22-15-7-2-3-8-16(15)23-18/h2-8,11H,9-10H2,1H3,(H,21,24). The summed E-state index contributed by atoms with van der Waals surface area (Å²) in [5.41, 5.74) is 3.19. The Morgan fingerprint density at radius 3 is 2.62 bits per heavy atom. The highest BCUT2D eigenvalue weighted by atomic mass is 16.6. The number of rotatable bonds is 5. The molecule has 130 valence electrons. The molecule has 0 aliphatic carbocycles. The van der Waals surface area contributed by atoms with E-state index >= 15 is 0 Å². The van der Waals surface area contributed by atoms with E-state index in [1.807, 2.05) is 30.3 Å². The molecule has 0 aliphatic rings. The lowest BCUT2D eigenvalue weighted by atomic mass is 10.1. The minimum atomic E-state index is -0.528.